The molecule has 11 heteroatoms. The molecule has 3 rings (SSSR count). The molecule has 2 aromatic rings. The average molecular weight is 567 g/mol. The molecule has 1 aliphatic rings. The third-order valence-electron chi connectivity index (χ3n) is 6.54. The van der Waals surface area contributed by atoms with Crippen LogP contribution in [0, 0.1) is 0 Å². The highest BCUT2D eigenvalue weighted by Gasteiger charge is 2.41. The molecule has 0 aromatic heterocycles. The molecule has 1 unspecified atom stereocenters. The van der Waals surface area contributed by atoms with E-state index < -0.39 is 65.8 Å². The molecule has 5 N–H and O–H groups in total. The lowest BCUT2D eigenvalue weighted by Gasteiger charge is -2.32. The van der Waals surface area contributed by atoms with E-state index in [1.54, 1.807) is 81.4 Å². The number of amides is 4. The Balaban J connectivity index is 1.82. The maximum absolute atomic E-state index is 13.5. The van der Waals surface area contributed by atoms with E-state index in [-0.39, 0.29) is 18.5 Å². The molecule has 4 atom stereocenters. The Morgan fingerprint density at radius 3 is 2.20 bits per heavy atom. The van der Waals surface area contributed by atoms with Gasteiger partial charge in [-0.3, -0.25) is 19.2 Å². The van der Waals surface area contributed by atoms with Crippen LogP contribution in [0.15, 0.2) is 60.7 Å². The lowest BCUT2D eigenvalue weighted by atomic mass is 9.99. The highest BCUT2D eigenvalue weighted by Crippen LogP contribution is 2.23. The molecule has 1 saturated heterocycles. The fourth-order valence-corrected chi connectivity index (χ4v) is 4.62. The number of rotatable bonds is 11. The van der Waals surface area contributed by atoms with E-state index in [1.807, 2.05) is 0 Å². The zero-order valence-corrected chi connectivity index (χ0v) is 23.5. The number of benzene rings is 2. The quantitative estimate of drug-likeness (QED) is 0.295. The van der Waals surface area contributed by atoms with Gasteiger partial charge in [0.15, 0.2) is 6.10 Å². The number of esters is 1. The number of ether oxygens (including phenoxy) is 1. The van der Waals surface area contributed by atoms with Crippen LogP contribution in [0.25, 0.3) is 0 Å². The van der Waals surface area contributed by atoms with Crippen LogP contribution in [0.2, 0.25) is 0 Å². The highest BCUT2D eigenvalue weighted by molar-refractivity contribution is 5.99. The van der Waals surface area contributed by atoms with E-state index in [9.17, 15) is 29.1 Å². The average Bonchev–Trinajstić information content (AvgIpc) is 3.42. The predicted molar refractivity (Wildman–Crippen MR) is 150 cm³/mol. The van der Waals surface area contributed by atoms with Crippen molar-refractivity contribution in [3.05, 3.63) is 71.8 Å². The van der Waals surface area contributed by atoms with Crippen LogP contribution in [-0.2, 0) is 30.3 Å². The third-order valence-corrected chi connectivity index (χ3v) is 6.54. The number of nitrogens with zero attached hydrogens (tertiary/aromatic N) is 1. The van der Waals surface area contributed by atoms with E-state index in [4.69, 9.17) is 10.5 Å². The monoisotopic (exact) mass is 566 g/mol. The number of likely N-dealkylation sites (tertiary alicyclic amines) is 1. The molecule has 4 amide bonds. The van der Waals surface area contributed by atoms with Crippen LogP contribution in [0.4, 0.5) is 0 Å². The van der Waals surface area contributed by atoms with Crippen LogP contribution < -0.4 is 16.4 Å². The standard InChI is InChI=1S/C30H38N4O7/c1-30(2,3)41-29(40)23-15-10-16-34(23)28(39)25(36)21(17-19-11-6-4-7-12-19)32-27(38)22(18-24(31)35)33-26(37)20-13-8-5-9-14-20/h4-9,11-14,21-23,25,36H,10,15-18H2,1-3H3,(H2,31,35)(H,32,38)(H,33,37)/t21-,22-,23-,25?/m0/s1. The summed E-state index contributed by atoms with van der Waals surface area (Å²) < 4.78 is 5.48. The van der Waals surface area contributed by atoms with E-state index >= 15 is 0 Å². The van der Waals surface area contributed by atoms with Crippen LogP contribution in [-0.4, -0.2) is 76.0 Å². The molecule has 2 aromatic carbocycles. The normalized spacial score (nSPS) is 17.2. The number of aliphatic hydroxyl groups excluding tert-OH is 1. The Labute approximate surface area is 239 Å². The summed E-state index contributed by atoms with van der Waals surface area (Å²) in [5.74, 6) is -3.53. The Morgan fingerprint density at radius 1 is 1.00 bits per heavy atom. The Morgan fingerprint density at radius 2 is 1.61 bits per heavy atom. The van der Waals surface area contributed by atoms with Crippen LogP contribution >= 0.6 is 0 Å². The van der Waals surface area contributed by atoms with Crippen molar-refractivity contribution in [2.75, 3.05) is 6.54 Å². The van der Waals surface area contributed by atoms with E-state index in [0.717, 1.165) is 5.56 Å². The molecular weight excluding hydrogens is 528 g/mol. The molecule has 1 heterocycles. The van der Waals surface area contributed by atoms with Crippen molar-refractivity contribution in [2.45, 2.75) is 76.3 Å². The molecule has 0 saturated carbocycles. The molecule has 1 aliphatic heterocycles. The van der Waals surface area contributed by atoms with Crippen LogP contribution in [0.3, 0.4) is 0 Å². The van der Waals surface area contributed by atoms with Gasteiger partial charge in [-0.25, -0.2) is 4.79 Å². The van der Waals surface area contributed by atoms with Crippen molar-refractivity contribution in [1.82, 2.24) is 15.5 Å². The molecule has 0 aliphatic carbocycles. The van der Waals surface area contributed by atoms with Gasteiger partial charge in [-0.15, -0.1) is 0 Å². The SMILES string of the molecule is CC(C)(C)OC(=O)[C@@H]1CCCN1C(=O)C(O)[C@H](Cc1ccccc1)NC(=O)[C@H](CC(N)=O)NC(=O)c1ccccc1. The number of nitrogens with one attached hydrogen (secondary N) is 2. The molecule has 220 valence electrons. The van der Waals surface area contributed by atoms with Gasteiger partial charge < -0.3 is 31.1 Å². The van der Waals surface area contributed by atoms with Gasteiger partial charge >= 0.3 is 5.97 Å². The van der Waals surface area contributed by atoms with Crippen molar-refractivity contribution >= 4 is 29.6 Å². The fourth-order valence-electron chi connectivity index (χ4n) is 4.62. The first kappa shape index (κ1) is 31.3. The first-order chi connectivity index (χ1) is 19.4. The maximum Gasteiger partial charge on any atom is 0.329 e. The Kier molecular flexibility index (Phi) is 10.6. The summed E-state index contributed by atoms with van der Waals surface area (Å²) in [5, 5.41) is 16.4. The minimum atomic E-state index is -1.73. The fraction of sp³-hybridized carbons (Fsp3) is 0.433. The molecule has 0 bridgehead atoms. The van der Waals surface area contributed by atoms with Gasteiger partial charge in [-0.1, -0.05) is 48.5 Å². The summed E-state index contributed by atoms with van der Waals surface area (Å²) in [7, 11) is 0. The summed E-state index contributed by atoms with van der Waals surface area (Å²) in [5.41, 5.74) is 5.59. The second-order valence-corrected chi connectivity index (χ2v) is 11.0. The second-order valence-electron chi connectivity index (χ2n) is 11.0. The minimum absolute atomic E-state index is 0.0559. The largest absolute Gasteiger partial charge is 0.458 e. The summed E-state index contributed by atoms with van der Waals surface area (Å²) >= 11 is 0. The first-order valence-electron chi connectivity index (χ1n) is 13.6. The van der Waals surface area contributed by atoms with Gasteiger partial charge in [-0.05, 0) is 57.7 Å². The summed E-state index contributed by atoms with van der Waals surface area (Å²) in [6, 6.07) is 13.6. The lowest BCUT2D eigenvalue weighted by molar-refractivity contribution is -0.165. The Bertz CT molecular complexity index is 1230. The van der Waals surface area contributed by atoms with Gasteiger partial charge in [0.2, 0.25) is 11.8 Å². The highest BCUT2D eigenvalue weighted by atomic mass is 16.6. The minimum Gasteiger partial charge on any atom is -0.458 e. The van der Waals surface area contributed by atoms with Gasteiger partial charge in [-0.2, -0.15) is 0 Å². The summed E-state index contributed by atoms with van der Waals surface area (Å²) in [6.07, 6.45) is -1.25. The molecule has 0 radical (unpaired) electrons. The van der Waals surface area contributed by atoms with E-state index in [2.05, 4.69) is 10.6 Å². The molecule has 41 heavy (non-hydrogen) atoms. The van der Waals surface area contributed by atoms with E-state index in [0.29, 0.717) is 12.8 Å². The number of hydrogen-bond donors (Lipinski definition) is 4. The van der Waals surface area contributed by atoms with Gasteiger partial charge in [0.1, 0.15) is 17.7 Å². The van der Waals surface area contributed by atoms with Gasteiger partial charge in [0.25, 0.3) is 11.8 Å². The smallest absolute Gasteiger partial charge is 0.329 e. The maximum atomic E-state index is 13.5. The number of primary amides is 1. The zero-order valence-electron chi connectivity index (χ0n) is 23.5. The van der Waals surface area contributed by atoms with Crippen molar-refractivity contribution in [2.24, 2.45) is 5.73 Å². The number of aliphatic hydroxyl groups is 1. The first-order valence-corrected chi connectivity index (χ1v) is 13.6. The lowest BCUT2D eigenvalue weighted by Crippen LogP contribution is -2.58. The van der Waals surface area contributed by atoms with Crippen LogP contribution in [0.1, 0.15) is 56.0 Å². The number of carbonyl (C=O) groups is 5. The number of carbonyl (C=O) groups excluding carboxylic acids is 5. The molecular formula is C30H38N4O7. The van der Waals surface area contributed by atoms with Crippen molar-refractivity contribution in [3.8, 4) is 0 Å². The van der Waals surface area contributed by atoms with Gasteiger partial charge in [0, 0.05) is 12.1 Å². The van der Waals surface area contributed by atoms with Gasteiger partial charge in [0.05, 0.1) is 12.5 Å². The van der Waals surface area contributed by atoms with Crippen molar-refractivity contribution < 1.29 is 33.8 Å². The Hall–Kier alpha value is -4.25. The predicted octanol–water partition coefficient (Wildman–Crippen LogP) is 1.08. The van der Waals surface area contributed by atoms with Crippen molar-refractivity contribution in [1.29, 1.82) is 0 Å². The van der Waals surface area contributed by atoms with Crippen LogP contribution in [0.5, 0.6) is 0 Å². The molecule has 1 fully saturated rings. The zero-order chi connectivity index (χ0) is 30.2. The van der Waals surface area contributed by atoms with Crippen molar-refractivity contribution in [3.63, 3.8) is 0 Å². The number of nitrogens with two attached hydrogens (primary N) is 1. The topological polar surface area (TPSA) is 168 Å². The third kappa shape index (κ3) is 9.14. The summed E-state index contributed by atoms with van der Waals surface area (Å²) in [6.45, 7) is 5.42. The second kappa shape index (κ2) is 13.9. The summed E-state index contributed by atoms with van der Waals surface area (Å²) in [4.78, 5) is 65.5. The molecule has 11 nitrogen and oxygen atoms in total. The molecule has 0 spiro atoms. The number of hydrogen-bond acceptors (Lipinski definition) is 7. The van der Waals surface area contributed by atoms with E-state index in [1.165, 1.54) is 4.90 Å².